The highest BCUT2D eigenvalue weighted by Gasteiger charge is 2.39. The first-order valence-electron chi connectivity index (χ1n) is 5.16. The number of rotatable bonds is 6. The van der Waals surface area contributed by atoms with E-state index in [1.807, 2.05) is 0 Å². The average molecular weight is 226 g/mol. The first-order chi connectivity index (χ1) is 7.10. The molecule has 0 aliphatic carbocycles. The molecule has 0 radical (unpaired) electrons. The number of hydrogen-bond donors (Lipinski definition) is 0. The lowest BCUT2D eigenvalue weighted by Gasteiger charge is -2.23. The van der Waals surface area contributed by atoms with Crippen molar-refractivity contribution >= 4 is 23.1 Å². The Morgan fingerprint density at radius 2 is 1.44 bits per heavy atom. The molecule has 0 saturated carbocycles. The molecule has 0 aromatic carbocycles. The second-order valence-electron chi connectivity index (χ2n) is 4.61. The fourth-order valence-electron chi connectivity index (χ4n) is 1.32. The minimum absolute atomic E-state index is 0.120. The maximum absolute atomic E-state index is 12.0. The van der Waals surface area contributed by atoms with Crippen LogP contribution >= 0.6 is 0 Å². The molecule has 0 aliphatic rings. The molecule has 1 atom stereocenters. The van der Waals surface area contributed by atoms with E-state index >= 15 is 0 Å². The van der Waals surface area contributed by atoms with Crippen LogP contribution in [0.15, 0.2) is 0 Å². The van der Waals surface area contributed by atoms with Gasteiger partial charge in [0.25, 0.3) is 0 Å². The summed E-state index contributed by atoms with van der Waals surface area (Å²) in [6.45, 7) is 6.86. The lowest BCUT2D eigenvalue weighted by Crippen LogP contribution is -2.40. The van der Waals surface area contributed by atoms with Gasteiger partial charge in [-0.05, 0) is 34.6 Å². The van der Waals surface area contributed by atoms with Gasteiger partial charge in [-0.2, -0.15) is 0 Å². The van der Waals surface area contributed by atoms with Gasteiger partial charge in [-0.3, -0.25) is 19.2 Å². The van der Waals surface area contributed by atoms with Crippen LogP contribution in [0.4, 0.5) is 0 Å². The monoisotopic (exact) mass is 226 g/mol. The molecule has 4 nitrogen and oxygen atoms in total. The van der Waals surface area contributed by atoms with Gasteiger partial charge in [0.15, 0.2) is 5.78 Å². The van der Waals surface area contributed by atoms with E-state index in [2.05, 4.69) is 0 Å². The number of ketones is 4. The highest BCUT2D eigenvalue weighted by Crippen LogP contribution is 2.25. The van der Waals surface area contributed by atoms with Gasteiger partial charge >= 0.3 is 0 Å². The van der Waals surface area contributed by atoms with Crippen LogP contribution in [0.3, 0.4) is 0 Å². The number of Topliss-reactive ketones (excluding diaryl/α,β-unsaturated/α-hetero) is 4. The minimum atomic E-state index is -1.20. The summed E-state index contributed by atoms with van der Waals surface area (Å²) in [5.41, 5.74) is -1.20. The zero-order valence-corrected chi connectivity index (χ0v) is 10.4. The van der Waals surface area contributed by atoms with E-state index in [1.54, 1.807) is 0 Å². The van der Waals surface area contributed by atoms with E-state index in [9.17, 15) is 19.2 Å². The molecular weight excluding hydrogens is 208 g/mol. The summed E-state index contributed by atoms with van der Waals surface area (Å²) in [5, 5.41) is 0. The third kappa shape index (κ3) is 3.36. The highest BCUT2D eigenvalue weighted by molar-refractivity contribution is 6.14. The Hall–Kier alpha value is -1.32. The topological polar surface area (TPSA) is 68.3 Å². The molecule has 0 amide bonds. The normalized spacial score (nSPS) is 13.1. The highest BCUT2D eigenvalue weighted by atomic mass is 16.2. The first kappa shape index (κ1) is 14.7. The van der Waals surface area contributed by atoms with Crippen LogP contribution in [0.25, 0.3) is 0 Å². The second-order valence-corrected chi connectivity index (χ2v) is 4.61. The van der Waals surface area contributed by atoms with Gasteiger partial charge < -0.3 is 0 Å². The maximum atomic E-state index is 12.0. The van der Waals surface area contributed by atoms with Crippen LogP contribution in [-0.2, 0) is 19.2 Å². The van der Waals surface area contributed by atoms with Crippen LogP contribution < -0.4 is 0 Å². The summed E-state index contributed by atoms with van der Waals surface area (Å²) < 4.78 is 0. The maximum Gasteiger partial charge on any atom is 0.156 e. The molecule has 0 fully saturated rings. The summed E-state index contributed by atoms with van der Waals surface area (Å²) in [4.78, 5) is 45.6. The Morgan fingerprint density at radius 1 is 1.00 bits per heavy atom. The Morgan fingerprint density at radius 3 is 1.69 bits per heavy atom. The Labute approximate surface area is 95.4 Å². The van der Waals surface area contributed by atoms with Crippen molar-refractivity contribution in [2.75, 3.05) is 0 Å². The SMILES string of the molecule is CC(=O)CC(C(C)=O)C(=O)C(C)(C)C(C)=O. The van der Waals surface area contributed by atoms with E-state index in [-0.39, 0.29) is 23.8 Å². The van der Waals surface area contributed by atoms with E-state index in [0.717, 1.165) is 0 Å². The largest absolute Gasteiger partial charge is 0.300 e. The zero-order chi connectivity index (χ0) is 13.1. The minimum Gasteiger partial charge on any atom is -0.300 e. The molecule has 0 aliphatic heterocycles. The molecule has 0 aromatic rings. The van der Waals surface area contributed by atoms with E-state index in [1.165, 1.54) is 34.6 Å². The lowest BCUT2D eigenvalue weighted by molar-refractivity contribution is -0.144. The van der Waals surface area contributed by atoms with Crippen molar-refractivity contribution in [1.29, 1.82) is 0 Å². The van der Waals surface area contributed by atoms with Gasteiger partial charge in [-0.25, -0.2) is 0 Å². The Bertz CT molecular complexity index is 339. The van der Waals surface area contributed by atoms with Crippen molar-refractivity contribution in [3.05, 3.63) is 0 Å². The van der Waals surface area contributed by atoms with Crippen LogP contribution in [0.5, 0.6) is 0 Å². The Kier molecular flexibility index (Phi) is 4.72. The van der Waals surface area contributed by atoms with E-state index in [4.69, 9.17) is 0 Å². The van der Waals surface area contributed by atoms with E-state index in [0.29, 0.717) is 0 Å². The summed E-state index contributed by atoms with van der Waals surface area (Å²) >= 11 is 0. The molecular formula is C12H18O4. The standard InChI is InChI=1S/C12H18O4/c1-7(13)6-10(8(2)14)11(16)12(4,5)9(3)15/h10H,6H2,1-5H3. The first-order valence-corrected chi connectivity index (χ1v) is 5.16. The van der Waals surface area contributed by atoms with Gasteiger partial charge in [-0.15, -0.1) is 0 Å². The molecule has 4 heteroatoms. The second kappa shape index (κ2) is 5.14. The third-order valence-electron chi connectivity index (χ3n) is 2.79. The fraction of sp³-hybridized carbons (Fsp3) is 0.667. The predicted molar refractivity (Wildman–Crippen MR) is 58.9 cm³/mol. The predicted octanol–water partition coefficient (Wildman–Crippen LogP) is 1.35. The van der Waals surface area contributed by atoms with Gasteiger partial charge in [0.05, 0.1) is 11.3 Å². The number of carbonyl (C=O) groups excluding carboxylic acids is 4. The summed E-state index contributed by atoms with van der Waals surface area (Å²) in [7, 11) is 0. The quantitative estimate of drug-likeness (QED) is 0.641. The van der Waals surface area contributed by atoms with Crippen molar-refractivity contribution in [1.82, 2.24) is 0 Å². The molecule has 0 bridgehead atoms. The molecule has 0 saturated heterocycles. The third-order valence-corrected chi connectivity index (χ3v) is 2.79. The average Bonchev–Trinajstić information content (AvgIpc) is 2.11. The van der Waals surface area contributed by atoms with Crippen molar-refractivity contribution in [3.8, 4) is 0 Å². The molecule has 0 heterocycles. The van der Waals surface area contributed by atoms with Crippen molar-refractivity contribution < 1.29 is 19.2 Å². The lowest BCUT2D eigenvalue weighted by atomic mass is 9.75. The van der Waals surface area contributed by atoms with Crippen LogP contribution in [-0.4, -0.2) is 23.1 Å². The van der Waals surface area contributed by atoms with Crippen LogP contribution in [0, 0.1) is 11.3 Å². The Balaban J connectivity index is 5.10. The molecule has 0 rings (SSSR count). The summed E-state index contributed by atoms with van der Waals surface area (Å²) in [5.74, 6) is -2.35. The number of hydrogen-bond acceptors (Lipinski definition) is 4. The molecule has 0 spiro atoms. The molecule has 0 N–H and O–H groups in total. The van der Waals surface area contributed by atoms with Crippen molar-refractivity contribution in [2.45, 2.75) is 41.0 Å². The zero-order valence-electron chi connectivity index (χ0n) is 10.4. The summed E-state index contributed by atoms with van der Waals surface area (Å²) in [6, 6.07) is 0. The van der Waals surface area contributed by atoms with Crippen LogP contribution in [0.1, 0.15) is 41.0 Å². The summed E-state index contributed by atoms with van der Waals surface area (Å²) in [6.07, 6.45) is -0.120. The molecule has 1 unspecified atom stereocenters. The van der Waals surface area contributed by atoms with Crippen LogP contribution in [0.2, 0.25) is 0 Å². The number of carbonyl (C=O) groups is 4. The molecule has 0 aromatic heterocycles. The van der Waals surface area contributed by atoms with Gasteiger partial charge in [0, 0.05) is 6.42 Å². The van der Waals surface area contributed by atoms with Gasteiger partial charge in [0.1, 0.15) is 17.3 Å². The smallest absolute Gasteiger partial charge is 0.156 e. The molecule has 90 valence electrons. The van der Waals surface area contributed by atoms with Gasteiger partial charge in [-0.1, -0.05) is 0 Å². The van der Waals surface area contributed by atoms with E-state index < -0.39 is 17.1 Å². The fourth-order valence-corrected chi connectivity index (χ4v) is 1.32. The van der Waals surface area contributed by atoms with Gasteiger partial charge in [0.2, 0.25) is 0 Å². The molecule has 16 heavy (non-hydrogen) atoms. The van der Waals surface area contributed by atoms with Crippen molar-refractivity contribution in [3.63, 3.8) is 0 Å². The van der Waals surface area contributed by atoms with Crippen molar-refractivity contribution in [2.24, 2.45) is 11.3 Å².